The van der Waals surface area contributed by atoms with Crippen molar-refractivity contribution in [2.45, 2.75) is 27.7 Å². The third-order valence-electron chi connectivity index (χ3n) is 5.58. The molecule has 0 bridgehead atoms. The third kappa shape index (κ3) is 14.7. The van der Waals surface area contributed by atoms with E-state index >= 15 is 0 Å². The summed E-state index contributed by atoms with van der Waals surface area (Å²) in [6, 6.07) is 11.6. The maximum absolute atomic E-state index is 11.5. The van der Waals surface area contributed by atoms with Crippen LogP contribution >= 0.6 is 0 Å². The molecule has 0 amide bonds. The van der Waals surface area contributed by atoms with Crippen LogP contribution in [0.5, 0.6) is 11.5 Å². The second-order valence-electron chi connectivity index (χ2n) is 8.93. The molecule has 2 rings (SSSR count). The fourth-order valence-corrected chi connectivity index (χ4v) is 3.30. The first-order valence-corrected chi connectivity index (χ1v) is 13.7. The van der Waals surface area contributed by atoms with Crippen LogP contribution in [0, 0.1) is 11.8 Å². The quantitative estimate of drug-likeness (QED) is 0.0937. The molecule has 0 spiro atoms. The minimum absolute atomic E-state index is 0. The molecular weight excluding hydrogens is 672 g/mol. The molecule has 259 valence electrons. The predicted octanol–water partition coefficient (Wildman–Crippen LogP) is 4.04. The van der Waals surface area contributed by atoms with Gasteiger partial charge in [0.15, 0.2) is 0 Å². The maximum atomic E-state index is 11.5. The molecule has 2 N–H and O–H groups in total. The zero-order chi connectivity index (χ0) is 34.8. The van der Waals surface area contributed by atoms with E-state index in [9.17, 15) is 39.0 Å². The van der Waals surface area contributed by atoms with Crippen molar-refractivity contribution in [2.75, 3.05) is 27.4 Å². The predicted molar refractivity (Wildman–Crippen MR) is 160 cm³/mol. The van der Waals surface area contributed by atoms with E-state index in [1.807, 2.05) is 0 Å². The van der Waals surface area contributed by atoms with Gasteiger partial charge in [0.2, 0.25) is 0 Å². The molecule has 2 aromatic rings. The second kappa shape index (κ2) is 21.6. The van der Waals surface area contributed by atoms with Crippen molar-refractivity contribution < 1.29 is 84.5 Å². The van der Waals surface area contributed by atoms with E-state index in [0.29, 0.717) is 11.1 Å². The Bertz CT molecular complexity index is 1320. The normalized spacial score (nSPS) is 12.0. The number of benzene rings is 2. The van der Waals surface area contributed by atoms with Gasteiger partial charge in [-0.3, -0.25) is 19.2 Å². The molecule has 0 aliphatic carbocycles. The summed E-state index contributed by atoms with van der Waals surface area (Å²) in [6.45, 7) is 6.32. The summed E-state index contributed by atoms with van der Waals surface area (Å²) in [5, 5.41) is 19.4. The van der Waals surface area contributed by atoms with Crippen LogP contribution in [0.4, 0.5) is 0 Å². The number of methoxy groups -OCH3 is 2. The molecule has 0 fully saturated rings. The molecule has 14 nitrogen and oxygen atoms in total. The van der Waals surface area contributed by atoms with Crippen molar-refractivity contribution >= 4 is 35.4 Å². The van der Waals surface area contributed by atoms with Gasteiger partial charge in [-0.25, -0.2) is 9.59 Å². The van der Waals surface area contributed by atoms with Crippen molar-refractivity contribution in [3.05, 3.63) is 83.7 Å². The van der Waals surface area contributed by atoms with E-state index in [1.165, 1.54) is 62.4 Å². The fourth-order valence-electron chi connectivity index (χ4n) is 3.30. The third-order valence-corrected chi connectivity index (χ3v) is 5.58. The minimum atomic E-state index is -1.25. The Morgan fingerprint density at radius 3 is 1.15 bits per heavy atom. The van der Waals surface area contributed by atoms with E-state index in [2.05, 4.69) is 9.47 Å². The SMILES string of the molecule is CCOC(=O)c1ccc(OC(O)=CC(C(C)=O)C(=O)OC)cc1.CCOC(=O)c1ccc(OC(O)=CC(C(C)=O)C(=O)OC)cc1.[Cu]. The molecule has 0 aromatic heterocycles. The van der Waals surface area contributed by atoms with Gasteiger partial charge in [0.05, 0.1) is 38.6 Å². The van der Waals surface area contributed by atoms with Crippen molar-refractivity contribution in [3.63, 3.8) is 0 Å². The molecule has 2 unspecified atom stereocenters. The Kier molecular flexibility index (Phi) is 19.2. The van der Waals surface area contributed by atoms with Gasteiger partial charge in [0.1, 0.15) is 34.9 Å². The number of ether oxygens (including phenoxy) is 6. The topological polar surface area (TPSA) is 198 Å². The number of aliphatic hydroxyl groups is 2. The van der Waals surface area contributed by atoms with Crippen molar-refractivity contribution in [1.29, 1.82) is 0 Å². The summed E-state index contributed by atoms with van der Waals surface area (Å²) in [5.74, 6) is -6.85. The molecular formula is C32H36CuO14. The standard InChI is InChI=1S/2C16H18O7.Cu/c2*1-4-22-15(19)11-5-7-12(8-6-11)23-14(18)9-13(10(2)17)16(20)21-3;/h2*5-9,13,18H,4H2,1-3H3;. The first kappa shape index (κ1) is 41.9. The molecule has 0 heterocycles. The van der Waals surface area contributed by atoms with Crippen LogP contribution in [0.3, 0.4) is 0 Å². The maximum Gasteiger partial charge on any atom is 0.338 e. The van der Waals surface area contributed by atoms with Gasteiger partial charge in [0.25, 0.3) is 11.9 Å². The van der Waals surface area contributed by atoms with E-state index in [1.54, 1.807) is 13.8 Å². The van der Waals surface area contributed by atoms with Crippen LogP contribution in [0.15, 0.2) is 72.6 Å². The molecule has 0 saturated heterocycles. The van der Waals surface area contributed by atoms with Crippen LogP contribution in [-0.4, -0.2) is 73.1 Å². The molecule has 47 heavy (non-hydrogen) atoms. The summed E-state index contributed by atoms with van der Waals surface area (Å²) in [4.78, 5) is 68.5. The van der Waals surface area contributed by atoms with E-state index < -0.39 is 59.2 Å². The number of esters is 4. The molecule has 0 aliphatic rings. The van der Waals surface area contributed by atoms with Crippen LogP contribution < -0.4 is 9.47 Å². The van der Waals surface area contributed by atoms with Crippen LogP contribution in [0.25, 0.3) is 0 Å². The number of Topliss-reactive ketones (excluding diaryl/α,β-unsaturated/α-hetero) is 2. The number of hydrogen-bond acceptors (Lipinski definition) is 14. The molecule has 0 aliphatic heterocycles. The Morgan fingerprint density at radius 2 is 0.915 bits per heavy atom. The zero-order valence-corrected chi connectivity index (χ0v) is 27.4. The Hall–Kier alpha value is -5.14. The summed E-state index contributed by atoms with van der Waals surface area (Å²) in [6.07, 6.45) is 1.90. The number of rotatable bonds is 14. The number of carbonyl (C=O) groups is 6. The zero-order valence-electron chi connectivity index (χ0n) is 26.4. The van der Waals surface area contributed by atoms with E-state index in [4.69, 9.17) is 18.9 Å². The Balaban J connectivity index is 0.000000882. The Labute approximate surface area is 281 Å². The van der Waals surface area contributed by atoms with Gasteiger partial charge in [-0.15, -0.1) is 0 Å². The average molecular weight is 708 g/mol. The smallest absolute Gasteiger partial charge is 0.338 e. The fraction of sp³-hybridized carbons (Fsp3) is 0.312. The van der Waals surface area contributed by atoms with Gasteiger partial charge >= 0.3 is 23.9 Å². The second-order valence-corrected chi connectivity index (χ2v) is 8.93. The van der Waals surface area contributed by atoms with Crippen LogP contribution in [-0.2, 0) is 55.2 Å². The molecule has 15 heteroatoms. The van der Waals surface area contributed by atoms with Crippen LogP contribution in [0.1, 0.15) is 48.4 Å². The first-order valence-electron chi connectivity index (χ1n) is 13.7. The van der Waals surface area contributed by atoms with Crippen molar-refractivity contribution in [2.24, 2.45) is 11.8 Å². The summed E-state index contributed by atoms with van der Waals surface area (Å²) < 4.78 is 28.8. The molecule has 0 saturated carbocycles. The number of hydrogen-bond donors (Lipinski definition) is 2. The largest absolute Gasteiger partial charge is 0.481 e. The summed E-state index contributed by atoms with van der Waals surface area (Å²) in [5.41, 5.74) is 0.665. The van der Waals surface area contributed by atoms with Gasteiger partial charge in [-0.2, -0.15) is 0 Å². The number of ketones is 2. The number of carbonyl (C=O) groups excluding carboxylic acids is 6. The average Bonchev–Trinajstić information content (AvgIpc) is 3.02. The van der Waals surface area contributed by atoms with E-state index in [-0.39, 0.29) is 41.8 Å². The summed E-state index contributed by atoms with van der Waals surface area (Å²) in [7, 11) is 2.27. The van der Waals surface area contributed by atoms with Gasteiger partial charge in [0, 0.05) is 29.2 Å². The van der Waals surface area contributed by atoms with Crippen molar-refractivity contribution in [1.82, 2.24) is 0 Å². The Morgan fingerprint density at radius 1 is 0.617 bits per heavy atom. The van der Waals surface area contributed by atoms with Gasteiger partial charge in [-0.1, -0.05) is 0 Å². The molecule has 2 atom stereocenters. The summed E-state index contributed by atoms with van der Waals surface area (Å²) >= 11 is 0. The van der Waals surface area contributed by atoms with E-state index in [0.717, 1.165) is 26.4 Å². The molecule has 1 radical (unpaired) electrons. The van der Waals surface area contributed by atoms with Gasteiger partial charge in [-0.05, 0) is 76.2 Å². The first-order chi connectivity index (χ1) is 21.8. The minimum Gasteiger partial charge on any atom is -0.481 e. The number of aliphatic hydroxyl groups excluding tert-OH is 2. The van der Waals surface area contributed by atoms with Crippen LogP contribution in [0.2, 0.25) is 0 Å². The van der Waals surface area contributed by atoms with Gasteiger partial charge < -0.3 is 38.6 Å². The monoisotopic (exact) mass is 707 g/mol. The molecule has 2 aromatic carbocycles. The van der Waals surface area contributed by atoms with Crippen molar-refractivity contribution in [3.8, 4) is 11.5 Å².